The molecule has 0 saturated carbocycles. The molecule has 2 N–H and O–H groups in total. The monoisotopic (exact) mass is 213 g/mol. The molecule has 0 aliphatic heterocycles. The molecule has 14 heavy (non-hydrogen) atoms. The van der Waals surface area contributed by atoms with Crippen molar-refractivity contribution in [3.8, 4) is 0 Å². The van der Waals surface area contributed by atoms with Gasteiger partial charge in [0.05, 0.1) is 0 Å². The van der Waals surface area contributed by atoms with E-state index in [9.17, 15) is 4.79 Å². The number of carbonyl (C=O) groups excluding carboxylic acids is 1. The lowest BCUT2D eigenvalue weighted by Crippen LogP contribution is -2.36. The van der Waals surface area contributed by atoms with E-state index in [1.165, 1.54) is 0 Å². The van der Waals surface area contributed by atoms with Gasteiger partial charge in [0, 0.05) is 31.4 Å². The van der Waals surface area contributed by atoms with Crippen LogP contribution in [0.5, 0.6) is 0 Å². The van der Waals surface area contributed by atoms with Crippen LogP contribution >= 0.6 is 11.6 Å². The van der Waals surface area contributed by atoms with Gasteiger partial charge in [0.2, 0.25) is 0 Å². The van der Waals surface area contributed by atoms with Crippen LogP contribution in [-0.4, -0.2) is 23.4 Å². The van der Waals surface area contributed by atoms with Crippen LogP contribution in [-0.2, 0) is 6.54 Å². The van der Waals surface area contributed by atoms with Crippen LogP contribution in [0.1, 0.15) is 5.56 Å². The van der Waals surface area contributed by atoms with Crippen molar-refractivity contribution in [2.75, 3.05) is 12.4 Å². The Hall–Kier alpha value is -1.29. The first kappa shape index (κ1) is 10.8. The van der Waals surface area contributed by atoms with Crippen LogP contribution in [0.2, 0.25) is 0 Å². The second kappa shape index (κ2) is 6.21. The van der Waals surface area contributed by atoms with Crippen molar-refractivity contribution >= 4 is 17.6 Å². The zero-order valence-corrected chi connectivity index (χ0v) is 8.42. The molecule has 0 spiro atoms. The fourth-order valence-corrected chi connectivity index (χ4v) is 1.00. The van der Waals surface area contributed by atoms with Gasteiger partial charge in [-0.25, -0.2) is 4.79 Å². The predicted molar refractivity (Wildman–Crippen MR) is 55.2 cm³/mol. The summed E-state index contributed by atoms with van der Waals surface area (Å²) in [6.45, 7) is 0.947. The minimum atomic E-state index is -0.213. The molecule has 0 aromatic carbocycles. The first-order valence-electron chi connectivity index (χ1n) is 4.29. The topological polar surface area (TPSA) is 54.0 Å². The molecule has 0 aliphatic carbocycles. The van der Waals surface area contributed by atoms with Gasteiger partial charge in [-0.1, -0.05) is 6.07 Å². The first-order valence-corrected chi connectivity index (χ1v) is 4.83. The molecule has 2 amide bonds. The summed E-state index contributed by atoms with van der Waals surface area (Å²) in [7, 11) is 0. The maximum absolute atomic E-state index is 11.1. The molecule has 5 heteroatoms. The molecule has 4 nitrogen and oxygen atoms in total. The molecule has 0 saturated heterocycles. The van der Waals surface area contributed by atoms with E-state index in [4.69, 9.17) is 11.6 Å². The molecule has 0 fully saturated rings. The van der Waals surface area contributed by atoms with E-state index >= 15 is 0 Å². The first-order chi connectivity index (χ1) is 6.83. The fourth-order valence-electron chi connectivity index (χ4n) is 0.908. The minimum Gasteiger partial charge on any atom is -0.337 e. The summed E-state index contributed by atoms with van der Waals surface area (Å²) in [4.78, 5) is 15.0. The number of alkyl halides is 1. The number of rotatable bonds is 4. The highest BCUT2D eigenvalue weighted by Crippen LogP contribution is 1.93. The number of nitrogens with zero attached hydrogens (tertiary/aromatic N) is 1. The summed E-state index contributed by atoms with van der Waals surface area (Å²) in [5.74, 6) is 0.417. The molecule has 0 unspecified atom stereocenters. The van der Waals surface area contributed by atoms with Crippen molar-refractivity contribution in [3.63, 3.8) is 0 Å². The summed E-state index contributed by atoms with van der Waals surface area (Å²) in [6, 6.07) is 3.51. The number of hydrogen-bond acceptors (Lipinski definition) is 2. The van der Waals surface area contributed by atoms with Crippen LogP contribution in [0.25, 0.3) is 0 Å². The van der Waals surface area contributed by atoms with E-state index in [-0.39, 0.29) is 6.03 Å². The largest absolute Gasteiger partial charge is 0.337 e. The lowest BCUT2D eigenvalue weighted by molar-refractivity contribution is 0.241. The van der Waals surface area contributed by atoms with E-state index in [0.717, 1.165) is 5.56 Å². The molecular weight excluding hydrogens is 202 g/mol. The van der Waals surface area contributed by atoms with Crippen LogP contribution in [0.4, 0.5) is 4.79 Å². The average Bonchev–Trinajstić information content (AvgIpc) is 2.25. The molecule has 0 radical (unpaired) electrons. The van der Waals surface area contributed by atoms with Crippen LogP contribution in [0, 0.1) is 0 Å². The third-order valence-electron chi connectivity index (χ3n) is 1.56. The molecule has 1 rings (SSSR count). The Kier molecular flexibility index (Phi) is 4.78. The van der Waals surface area contributed by atoms with E-state index in [2.05, 4.69) is 15.6 Å². The Morgan fingerprint density at radius 2 is 2.36 bits per heavy atom. The third kappa shape index (κ3) is 4.09. The van der Waals surface area contributed by atoms with Gasteiger partial charge >= 0.3 is 6.03 Å². The van der Waals surface area contributed by atoms with Crippen LogP contribution in [0.15, 0.2) is 24.5 Å². The Morgan fingerprint density at radius 1 is 1.50 bits per heavy atom. The molecule has 1 aromatic heterocycles. The lowest BCUT2D eigenvalue weighted by atomic mass is 10.3. The summed E-state index contributed by atoms with van der Waals surface area (Å²) in [5.41, 5.74) is 0.966. The number of carbonyl (C=O) groups is 1. The summed E-state index contributed by atoms with van der Waals surface area (Å²) in [6.07, 6.45) is 3.40. The number of nitrogens with one attached hydrogen (secondary N) is 2. The van der Waals surface area contributed by atoms with Crippen molar-refractivity contribution in [1.29, 1.82) is 0 Å². The molecule has 1 heterocycles. The van der Waals surface area contributed by atoms with Gasteiger partial charge in [0.1, 0.15) is 0 Å². The number of aromatic nitrogens is 1. The number of hydrogen-bond donors (Lipinski definition) is 2. The number of urea groups is 1. The Bertz CT molecular complexity index is 279. The zero-order valence-electron chi connectivity index (χ0n) is 7.66. The molecule has 1 aromatic rings. The number of amides is 2. The van der Waals surface area contributed by atoms with Crippen molar-refractivity contribution in [1.82, 2.24) is 15.6 Å². The van der Waals surface area contributed by atoms with Gasteiger partial charge in [-0.15, -0.1) is 11.6 Å². The average molecular weight is 214 g/mol. The van der Waals surface area contributed by atoms with Crippen molar-refractivity contribution in [2.24, 2.45) is 0 Å². The highest BCUT2D eigenvalue weighted by atomic mass is 35.5. The standard InChI is InChI=1S/C9H12ClN3O/c10-3-5-12-9(14)13-7-8-2-1-4-11-6-8/h1-2,4,6H,3,5,7H2,(H2,12,13,14). The van der Waals surface area contributed by atoms with Crippen molar-refractivity contribution in [3.05, 3.63) is 30.1 Å². The van der Waals surface area contributed by atoms with Crippen LogP contribution < -0.4 is 10.6 Å². The second-order valence-corrected chi connectivity index (χ2v) is 3.04. The maximum atomic E-state index is 11.1. The Labute approximate surface area is 87.7 Å². The Balaban J connectivity index is 2.24. The summed E-state index contributed by atoms with van der Waals surface area (Å²) >= 11 is 5.41. The normalized spacial score (nSPS) is 9.50. The SMILES string of the molecule is O=C(NCCCl)NCc1cccnc1. The molecule has 0 atom stereocenters. The van der Waals surface area contributed by atoms with Gasteiger partial charge in [0.25, 0.3) is 0 Å². The van der Waals surface area contributed by atoms with E-state index in [1.54, 1.807) is 12.4 Å². The van der Waals surface area contributed by atoms with E-state index in [0.29, 0.717) is 19.0 Å². The van der Waals surface area contributed by atoms with Crippen molar-refractivity contribution < 1.29 is 4.79 Å². The van der Waals surface area contributed by atoms with Gasteiger partial charge in [-0.3, -0.25) is 4.98 Å². The predicted octanol–water partition coefficient (Wildman–Crippen LogP) is 1.12. The zero-order chi connectivity index (χ0) is 10.2. The second-order valence-electron chi connectivity index (χ2n) is 2.66. The van der Waals surface area contributed by atoms with E-state index in [1.807, 2.05) is 12.1 Å². The van der Waals surface area contributed by atoms with Gasteiger partial charge in [-0.2, -0.15) is 0 Å². The molecule has 0 aliphatic rings. The van der Waals surface area contributed by atoms with E-state index < -0.39 is 0 Å². The molecule has 0 bridgehead atoms. The molecule has 76 valence electrons. The summed E-state index contributed by atoms with van der Waals surface area (Å²) < 4.78 is 0. The van der Waals surface area contributed by atoms with Gasteiger partial charge in [0.15, 0.2) is 0 Å². The smallest absolute Gasteiger partial charge is 0.315 e. The quantitative estimate of drug-likeness (QED) is 0.737. The lowest BCUT2D eigenvalue weighted by Gasteiger charge is -2.05. The van der Waals surface area contributed by atoms with Crippen LogP contribution in [0.3, 0.4) is 0 Å². The Morgan fingerprint density at radius 3 is 3.00 bits per heavy atom. The highest BCUT2D eigenvalue weighted by molar-refractivity contribution is 6.18. The van der Waals surface area contributed by atoms with Crippen molar-refractivity contribution in [2.45, 2.75) is 6.54 Å². The summed E-state index contributed by atoms with van der Waals surface area (Å²) in [5, 5.41) is 5.29. The minimum absolute atomic E-state index is 0.213. The van der Waals surface area contributed by atoms with Gasteiger partial charge in [-0.05, 0) is 11.6 Å². The third-order valence-corrected chi connectivity index (χ3v) is 1.74. The number of halogens is 1. The highest BCUT2D eigenvalue weighted by Gasteiger charge is 1.98. The molecular formula is C9H12ClN3O. The van der Waals surface area contributed by atoms with Gasteiger partial charge < -0.3 is 10.6 Å². The maximum Gasteiger partial charge on any atom is 0.315 e. The fraction of sp³-hybridized carbons (Fsp3) is 0.333. The number of pyridine rings is 1.